The van der Waals surface area contributed by atoms with Crippen molar-refractivity contribution in [2.24, 2.45) is 5.10 Å². The lowest BCUT2D eigenvalue weighted by molar-refractivity contribution is -0.121. The number of unbranched alkanes of at least 4 members (excludes halogenated alkanes) is 6. The number of hydrogen-bond acceptors (Lipinski definition) is 4. The van der Waals surface area contributed by atoms with Crippen LogP contribution in [-0.4, -0.2) is 24.3 Å². The Balaban J connectivity index is 2.20. The third-order valence-corrected chi connectivity index (χ3v) is 3.61. The number of amides is 1. The first kappa shape index (κ1) is 19.0. The quantitative estimate of drug-likeness (QED) is 0.368. The molecule has 0 aromatic heterocycles. The Labute approximate surface area is 138 Å². The summed E-state index contributed by atoms with van der Waals surface area (Å²) in [5.41, 5.74) is 3.27. The predicted molar refractivity (Wildman–Crippen MR) is 93.0 cm³/mol. The van der Waals surface area contributed by atoms with Crippen LogP contribution in [0.4, 0.5) is 0 Å². The van der Waals surface area contributed by atoms with Gasteiger partial charge < -0.3 is 9.84 Å². The highest BCUT2D eigenvalue weighted by Gasteiger charge is 2.02. The Morgan fingerprint density at radius 1 is 1.22 bits per heavy atom. The summed E-state index contributed by atoms with van der Waals surface area (Å²) in [6.07, 6.45) is 10.3. The average Bonchev–Trinajstić information content (AvgIpc) is 2.55. The van der Waals surface area contributed by atoms with Crippen molar-refractivity contribution in [1.82, 2.24) is 5.43 Å². The topological polar surface area (TPSA) is 70.9 Å². The summed E-state index contributed by atoms with van der Waals surface area (Å²) >= 11 is 0. The van der Waals surface area contributed by atoms with Gasteiger partial charge in [0.15, 0.2) is 11.5 Å². The van der Waals surface area contributed by atoms with Gasteiger partial charge in [0.1, 0.15) is 0 Å². The van der Waals surface area contributed by atoms with Gasteiger partial charge in [-0.15, -0.1) is 0 Å². The van der Waals surface area contributed by atoms with Gasteiger partial charge in [-0.25, -0.2) is 5.43 Å². The van der Waals surface area contributed by atoms with Crippen molar-refractivity contribution in [1.29, 1.82) is 0 Å². The zero-order valence-corrected chi connectivity index (χ0v) is 14.2. The van der Waals surface area contributed by atoms with Crippen molar-refractivity contribution < 1.29 is 14.6 Å². The monoisotopic (exact) mass is 320 g/mol. The fraction of sp³-hybridized carbons (Fsp3) is 0.556. The molecular weight excluding hydrogens is 292 g/mol. The summed E-state index contributed by atoms with van der Waals surface area (Å²) in [5, 5.41) is 13.4. The molecule has 2 N–H and O–H groups in total. The highest BCUT2D eigenvalue weighted by Crippen LogP contribution is 2.25. The summed E-state index contributed by atoms with van der Waals surface area (Å²) < 4.78 is 5.01. The fourth-order valence-electron chi connectivity index (χ4n) is 2.25. The van der Waals surface area contributed by atoms with Gasteiger partial charge in [0, 0.05) is 6.42 Å². The van der Waals surface area contributed by atoms with Crippen LogP contribution in [0.5, 0.6) is 11.5 Å². The summed E-state index contributed by atoms with van der Waals surface area (Å²) in [5.74, 6) is 0.386. The van der Waals surface area contributed by atoms with Crippen LogP contribution in [0, 0.1) is 0 Å². The van der Waals surface area contributed by atoms with Gasteiger partial charge in [-0.3, -0.25) is 4.79 Å². The molecule has 0 atom stereocenters. The third kappa shape index (κ3) is 8.24. The molecule has 0 saturated carbocycles. The van der Waals surface area contributed by atoms with E-state index in [1.54, 1.807) is 12.1 Å². The lowest BCUT2D eigenvalue weighted by Crippen LogP contribution is -2.16. The number of nitrogens with one attached hydrogen (secondary N) is 1. The van der Waals surface area contributed by atoms with Gasteiger partial charge in [-0.1, -0.05) is 45.4 Å². The molecule has 0 aliphatic heterocycles. The van der Waals surface area contributed by atoms with Crippen molar-refractivity contribution >= 4 is 12.1 Å². The second-order valence-corrected chi connectivity index (χ2v) is 5.60. The highest BCUT2D eigenvalue weighted by molar-refractivity contribution is 5.83. The molecule has 5 heteroatoms. The van der Waals surface area contributed by atoms with E-state index < -0.39 is 0 Å². The van der Waals surface area contributed by atoms with Crippen LogP contribution in [0.25, 0.3) is 0 Å². The van der Waals surface area contributed by atoms with Gasteiger partial charge >= 0.3 is 0 Å². The number of rotatable bonds is 11. The van der Waals surface area contributed by atoms with Crippen molar-refractivity contribution in [2.75, 3.05) is 7.11 Å². The number of nitrogens with zero attached hydrogens (tertiary/aromatic N) is 1. The highest BCUT2D eigenvalue weighted by atomic mass is 16.5. The smallest absolute Gasteiger partial charge is 0.240 e. The molecule has 1 amide bonds. The summed E-state index contributed by atoms with van der Waals surface area (Å²) in [7, 11) is 1.49. The van der Waals surface area contributed by atoms with Crippen LogP contribution in [-0.2, 0) is 4.79 Å². The summed E-state index contributed by atoms with van der Waals surface area (Å²) in [6, 6.07) is 4.88. The van der Waals surface area contributed by atoms with E-state index in [0.29, 0.717) is 12.2 Å². The first-order chi connectivity index (χ1) is 11.2. The third-order valence-electron chi connectivity index (χ3n) is 3.61. The predicted octanol–water partition coefficient (Wildman–Crippen LogP) is 3.99. The van der Waals surface area contributed by atoms with Crippen LogP contribution in [0.15, 0.2) is 23.3 Å². The Kier molecular flexibility index (Phi) is 9.52. The minimum atomic E-state index is -0.0689. The molecule has 0 aliphatic rings. The van der Waals surface area contributed by atoms with E-state index in [-0.39, 0.29) is 11.7 Å². The van der Waals surface area contributed by atoms with E-state index >= 15 is 0 Å². The largest absolute Gasteiger partial charge is 0.504 e. The van der Waals surface area contributed by atoms with E-state index in [9.17, 15) is 9.90 Å². The maximum atomic E-state index is 11.7. The van der Waals surface area contributed by atoms with Gasteiger partial charge in [0.25, 0.3) is 0 Å². The van der Waals surface area contributed by atoms with Crippen LogP contribution >= 0.6 is 0 Å². The number of phenols is 1. The maximum absolute atomic E-state index is 11.7. The first-order valence-corrected chi connectivity index (χ1v) is 8.36. The Morgan fingerprint density at radius 3 is 2.61 bits per heavy atom. The number of hydrazone groups is 1. The Hall–Kier alpha value is -2.04. The molecule has 1 rings (SSSR count). The lowest BCUT2D eigenvalue weighted by Gasteiger charge is -2.03. The molecule has 0 saturated heterocycles. The number of aromatic hydroxyl groups is 1. The van der Waals surface area contributed by atoms with Crippen LogP contribution in [0.1, 0.15) is 63.9 Å². The molecule has 0 spiro atoms. The average molecular weight is 320 g/mol. The minimum Gasteiger partial charge on any atom is -0.504 e. The zero-order valence-electron chi connectivity index (χ0n) is 14.2. The van der Waals surface area contributed by atoms with E-state index in [1.807, 2.05) is 0 Å². The molecule has 5 nitrogen and oxygen atoms in total. The molecule has 0 fully saturated rings. The van der Waals surface area contributed by atoms with Crippen LogP contribution < -0.4 is 10.2 Å². The van der Waals surface area contributed by atoms with Crippen molar-refractivity contribution in [3.8, 4) is 11.5 Å². The number of carbonyl (C=O) groups excluding carboxylic acids is 1. The van der Waals surface area contributed by atoms with E-state index in [4.69, 9.17) is 4.74 Å². The maximum Gasteiger partial charge on any atom is 0.240 e. The van der Waals surface area contributed by atoms with E-state index in [1.165, 1.54) is 51.5 Å². The number of benzene rings is 1. The van der Waals surface area contributed by atoms with E-state index in [2.05, 4.69) is 17.5 Å². The Bertz CT molecular complexity index is 501. The number of ether oxygens (including phenoxy) is 1. The van der Waals surface area contributed by atoms with Crippen molar-refractivity contribution in [3.63, 3.8) is 0 Å². The molecule has 0 bridgehead atoms. The zero-order chi connectivity index (χ0) is 16.9. The lowest BCUT2D eigenvalue weighted by atomic mass is 10.1. The molecule has 0 heterocycles. The van der Waals surface area contributed by atoms with Crippen molar-refractivity contribution in [3.05, 3.63) is 23.8 Å². The molecule has 0 radical (unpaired) electrons. The Morgan fingerprint density at radius 2 is 1.91 bits per heavy atom. The van der Waals surface area contributed by atoms with Gasteiger partial charge in [-0.05, 0) is 30.2 Å². The second-order valence-electron chi connectivity index (χ2n) is 5.60. The molecule has 1 aromatic rings. The molecule has 1 aromatic carbocycles. The fourth-order valence-corrected chi connectivity index (χ4v) is 2.25. The summed E-state index contributed by atoms with van der Waals surface area (Å²) in [6.45, 7) is 2.21. The number of methoxy groups -OCH3 is 1. The normalized spacial score (nSPS) is 10.9. The molecule has 0 unspecified atom stereocenters. The molecule has 23 heavy (non-hydrogen) atoms. The number of carbonyl (C=O) groups is 1. The van der Waals surface area contributed by atoms with Crippen molar-refractivity contribution in [2.45, 2.75) is 58.3 Å². The molecule has 0 aliphatic carbocycles. The van der Waals surface area contributed by atoms with Gasteiger partial charge in [0.2, 0.25) is 5.91 Å². The molecule has 128 valence electrons. The first-order valence-electron chi connectivity index (χ1n) is 8.36. The van der Waals surface area contributed by atoms with E-state index in [0.717, 1.165) is 18.4 Å². The van der Waals surface area contributed by atoms with Gasteiger partial charge in [-0.2, -0.15) is 5.10 Å². The summed E-state index contributed by atoms with van der Waals surface area (Å²) in [4.78, 5) is 11.7. The standard InChI is InChI=1S/C18H28N2O3/c1-3-4-5-6-7-8-9-10-18(22)20-19-14-15-11-12-16(21)17(13-15)23-2/h11-14,21H,3-10H2,1-2H3,(H,20,22). The van der Waals surface area contributed by atoms with Gasteiger partial charge in [0.05, 0.1) is 13.3 Å². The SMILES string of the molecule is CCCCCCCCCC(=O)NN=Cc1ccc(O)c(OC)c1. The number of phenolic OH excluding ortho intramolecular Hbond substituents is 1. The molecular formula is C18H28N2O3. The number of hydrogen-bond donors (Lipinski definition) is 2. The second kappa shape index (κ2) is 11.5. The van der Waals surface area contributed by atoms with Crippen LogP contribution in [0.3, 0.4) is 0 Å². The van der Waals surface area contributed by atoms with Crippen LogP contribution in [0.2, 0.25) is 0 Å². The minimum absolute atomic E-state index is 0.0689.